The molecule has 3 N–H and O–H groups in total. The van der Waals surface area contributed by atoms with Crippen LogP contribution in [0.15, 0.2) is 42.7 Å². The molecule has 0 aliphatic carbocycles. The van der Waals surface area contributed by atoms with Crippen LogP contribution in [0, 0.1) is 5.92 Å². The van der Waals surface area contributed by atoms with Gasteiger partial charge in [-0.15, -0.1) is 0 Å². The topological polar surface area (TPSA) is 77.2 Å². The van der Waals surface area contributed by atoms with Crippen molar-refractivity contribution in [1.29, 1.82) is 0 Å². The highest BCUT2D eigenvalue weighted by Crippen LogP contribution is 2.28. The quantitative estimate of drug-likeness (QED) is 0.854. The molecule has 3 rings (SSSR count). The van der Waals surface area contributed by atoms with Crippen LogP contribution in [0.4, 0.5) is 11.4 Å². The number of nitrogen functional groups attached to an aromatic ring is 1. The van der Waals surface area contributed by atoms with Gasteiger partial charge in [0.2, 0.25) is 5.91 Å². The van der Waals surface area contributed by atoms with Crippen molar-refractivity contribution in [2.75, 3.05) is 24.3 Å². The Labute approximate surface area is 129 Å². The van der Waals surface area contributed by atoms with Gasteiger partial charge >= 0.3 is 0 Å². The average molecular weight is 297 g/mol. The Morgan fingerprint density at radius 1 is 1.23 bits per heavy atom. The minimum Gasteiger partial charge on any atom is -0.397 e. The molecule has 1 aromatic heterocycles. The molecule has 0 unspecified atom stereocenters. The van der Waals surface area contributed by atoms with Gasteiger partial charge in [-0.25, -0.2) is 0 Å². The highest BCUT2D eigenvalue weighted by Gasteiger charge is 2.22. The van der Waals surface area contributed by atoms with Gasteiger partial charge in [0.05, 0.1) is 11.4 Å². The van der Waals surface area contributed by atoms with Crippen molar-refractivity contribution < 1.29 is 9.53 Å². The van der Waals surface area contributed by atoms with E-state index in [1.165, 1.54) is 0 Å². The van der Waals surface area contributed by atoms with Gasteiger partial charge in [-0.05, 0) is 36.6 Å². The first-order valence-corrected chi connectivity index (χ1v) is 7.42. The molecule has 1 fully saturated rings. The molecule has 5 nitrogen and oxygen atoms in total. The second-order valence-electron chi connectivity index (χ2n) is 5.42. The van der Waals surface area contributed by atoms with E-state index < -0.39 is 0 Å². The number of amides is 1. The molecule has 1 aliphatic heterocycles. The number of aromatic nitrogens is 1. The van der Waals surface area contributed by atoms with Crippen LogP contribution < -0.4 is 11.1 Å². The maximum Gasteiger partial charge on any atom is 0.227 e. The number of carbonyl (C=O) groups is 1. The lowest BCUT2D eigenvalue weighted by Gasteiger charge is -2.21. The summed E-state index contributed by atoms with van der Waals surface area (Å²) in [4.78, 5) is 16.4. The number of carbonyl (C=O) groups excluding carboxylic acids is 1. The van der Waals surface area contributed by atoms with Gasteiger partial charge in [0.25, 0.3) is 0 Å². The zero-order valence-electron chi connectivity index (χ0n) is 12.3. The number of nitrogens with zero attached hydrogens (tertiary/aromatic N) is 1. The summed E-state index contributed by atoms with van der Waals surface area (Å²) < 4.78 is 5.29. The van der Waals surface area contributed by atoms with E-state index in [2.05, 4.69) is 10.3 Å². The third kappa shape index (κ3) is 3.26. The average Bonchev–Trinajstić information content (AvgIpc) is 2.58. The highest BCUT2D eigenvalue weighted by molar-refractivity contribution is 5.96. The summed E-state index contributed by atoms with van der Waals surface area (Å²) >= 11 is 0. The number of ether oxygens (including phenoxy) is 1. The largest absolute Gasteiger partial charge is 0.397 e. The normalized spacial score (nSPS) is 15.5. The zero-order chi connectivity index (χ0) is 15.4. The summed E-state index contributed by atoms with van der Waals surface area (Å²) in [5.41, 5.74) is 9.17. The maximum atomic E-state index is 12.3. The first-order valence-electron chi connectivity index (χ1n) is 7.42. The minimum absolute atomic E-state index is 0.00445. The number of nitrogens with two attached hydrogens (primary N) is 1. The summed E-state index contributed by atoms with van der Waals surface area (Å²) in [5, 5.41) is 2.95. The minimum atomic E-state index is -0.00445. The van der Waals surface area contributed by atoms with Crippen molar-refractivity contribution in [3.63, 3.8) is 0 Å². The summed E-state index contributed by atoms with van der Waals surface area (Å²) in [6, 6.07) is 9.48. The Bertz CT molecular complexity index is 652. The molecular formula is C17H19N3O2. The van der Waals surface area contributed by atoms with Crippen molar-refractivity contribution in [2.24, 2.45) is 5.92 Å². The fourth-order valence-electron chi connectivity index (χ4n) is 2.57. The molecule has 0 radical (unpaired) electrons. The second-order valence-corrected chi connectivity index (χ2v) is 5.42. The number of hydrogen-bond acceptors (Lipinski definition) is 4. The van der Waals surface area contributed by atoms with Crippen LogP contribution >= 0.6 is 0 Å². The van der Waals surface area contributed by atoms with E-state index in [-0.39, 0.29) is 11.8 Å². The van der Waals surface area contributed by atoms with E-state index in [1.54, 1.807) is 12.4 Å². The Balaban J connectivity index is 1.79. The molecule has 0 spiro atoms. The highest BCUT2D eigenvalue weighted by atomic mass is 16.5. The third-order valence-electron chi connectivity index (χ3n) is 3.90. The van der Waals surface area contributed by atoms with Crippen LogP contribution in [0.1, 0.15) is 12.8 Å². The van der Waals surface area contributed by atoms with Crippen molar-refractivity contribution in [1.82, 2.24) is 4.98 Å². The lowest BCUT2D eigenvalue weighted by Crippen LogP contribution is -2.28. The molecule has 1 aromatic carbocycles. The summed E-state index contributed by atoms with van der Waals surface area (Å²) in [5.74, 6) is 0.00790. The van der Waals surface area contributed by atoms with E-state index in [1.807, 2.05) is 30.3 Å². The number of hydrogen-bond donors (Lipinski definition) is 2. The second kappa shape index (κ2) is 6.58. The van der Waals surface area contributed by atoms with Crippen LogP contribution in [-0.2, 0) is 9.53 Å². The van der Waals surface area contributed by atoms with Crippen LogP contribution in [0.5, 0.6) is 0 Å². The van der Waals surface area contributed by atoms with Gasteiger partial charge in [-0.1, -0.05) is 12.1 Å². The number of rotatable bonds is 3. The van der Waals surface area contributed by atoms with Crippen LogP contribution in [0.25, 0.3) is 11.1 Å². The van der Waals surface area contributed by atoms with Gasteiger partial charge in [0, 0.05) is 37.1 Å². The SMILES string of the molecule is Nc1ccc(-c2cccnc2)cc1NC(=O)C1CCOCC1. The van der Waals surface area contributed by atoms with Crippen molar-refractivity contribution in [3.8, 4) is 11.1 Å². The van der Waals surface area contributed by atoms with Crippen LogP contribution in [-0.4, -0.2) is 24.1 Å². The number of pyridine rings is 1. The molecule has 5 heteroatoms. The molecule has 1 aliphatic rings. The van der Waals surface area contributed by atoms with Gasteiger partial charge < -0.3 is 15.8 Å². The summed E-state index contributed by atoms with van der Waals surface area (Å²) in [6.45, 7) is 1.28. The third-order valence-corrected chi connectivity index (χ3v) is 3.90. The maximum absolute atomic E-state index is 12.3. The molecule has 0 bridgehead atoms. The van der Waals surface area contributed by atoms with Gasteiger partial charge in [0.15, 0.2) is 0 Å². The smallest absolute Gasteiger partial charge is 0.227 e. The molecule has 1 amide bonds. The predicted octanol–water partition coefficient (Wildman–Crippen LogP) is 2.70. The van der Waals surface area contributed by atoms with Crippen molar-refractivity contribution in [2.45, 2.75) is 12.8 Å². The summed E-state index contributed by atoms with van der Waals surface area (Å²) in [7, 11) is 0. The molecular weight excluding hydrogens is 278 g/mol. The Hall–Kier alpha value is -2.40. The van der Waals surface area contributed by atoms with E-state index in [0.29, 0.717) is 24.6 Å². The van der Waals surface area contributed by atoms with Crippen molar-refractivity contribution in [3.05, 3.63) is 42.7 Å². The number of benzene rings is 1. The van der Waals surface area contributed by atoms with Crippen LogP contribution in [0.2, 0.25) is 0 Å². The first kappa shape index (κ1) is 14.5. The van der Waals surface area contributed by atoms with Gasteiger partial charge in [-0.3, -0.25) is 9.78 Å². The zero-order valence-corrected chi connectivity index (χ0v) is 12.3. The van der Waals surface area contributed by atoms with E-state index in [0.717, 1.165) is 24.0 Å². The molecule has 2 heterocycles. The Kier molecular flexibility index (Phi) is 4.34. The molecule has 2 aromatic rings. The van der Waals surface area contributed by atoms with Gasteiger partial charge in [-0.2, -0.15) is 0 Å². The standard InChI is InChI=1S/C17H19N3O2/c18-15-4-3-13(14-2-1-7-19-11-14)10-16(15)20-17(21)12-5-8-22-9-6-12/h1-4,7,10-12H,5-6,8-9,18H2,(H,20,21). The first-order chi connectivity index (χ1) is 10.7. The Morgan fingerprint density at radius 2 is 2.05 bits per heavy atom. The number of anilines is 2. The fraction of sp³-hybridized carbons (Fsp3) is 0.294. The molecule has 0 atom stereocenters. The molecule has 1 saturated heterocycles. The van der Waals surface area contributed by atoms with E-state index in [4.69, 9.17) is 10.5 Å². The number of nitrogens with one attached hydrogen (secondary N) is 1. The summed E-state index contributed by atoms with van der Waals surface area (Å²) in [6.07, 6.45) is 5.03. The van der Waals surface area contributed by atoms with Gasteiger partial charge in [0.1, 0.15) is 0 Å². The van der Waals surface area contributed by atoms with Crippen LogP contribution in [0.3, 0.4) is 0 Å². The van der Waals surface area contributed by atoms with Crippen molar-refractivity contribution >= 4 is 17.3 Å². The molecule has 0 saturated carbocycles. The Morgan fingerprint density at radius 3 is 2.77 bits per heavy atom. The lowest BCUT2D eigenvalue weighted by molar-refractivity contribution is -0.122. The molecule has 22 heavy (non-hydrogen) atoms. The fourth-order valence-corrected chi connectivity index (χ4v) is 2.57. The molecule has 114 valence electrons. The monoisotopic (exact) mass is 297 g/mol. The van der Waals surface area contributed by atoms with E-state index in [9.17, 15) is 4.79 Å². The van der Waals surface area contributed by atoms with E-state index >= 15 is 0 Å². The lowest BCUT2D eigenvalue weighted by atomic mass is 9.99. The predicted molar refractivity (Wildman–Crippen MR) is 86.3 cm³/mol.